The van der Waals surface area contributed by atoms with Gasteiger partial charge in [0.1, 0.15) is 12.7 Å². The number of epoxide rings is 1. The number of hydrogen-bond acceptors (Lipinski definition) is 4. The summed E-state index contributed by atoms with van der Waals surface area (Å²) in [7, 11) is 0. The molecule has 1 atom stereocenters. The van der Waals surface area contributed by atoms with Gasteiger partial charge in [-0.05, 0) is 6.07 Å². The summed E-state index contributed by atoms with van der Waals surface area (Å²) in [6.45, 7) is 1.38. The van der Waals surface area contributed by atoms with Gasteiger partial charge in [-0.3, -0.25) is 4.99 Å². The molecule has 0 saturated carbocycles. The molecule has 3 rings (SSSR count). The molecule has 2 aliphatic heterocycles. The third kappa shape index (κ3) is 2.06. The van der Waals surface area contributed by atoms with E-state index >= 15 is 0 Å². The van der Waals surface area contributed by atoms with Gasteiger partial charge in [-0.2, -0.15) is 0 Å². The van der Waals surface area contributed by atoms with Crippen LogP contribution in [0.3, 0.4) is 0 Å². The van der Waals surface area contributed by atoms with Crippen LogP contribution < -0.4 is 5.32 Å². The van der Waals surface area contributed by atoms with Crippen LogP contribution in [0.4, 0.5) is 5.69 Å². The van der Waals surface area contributed by atoms with Gasteiger partial charge >= 0.3 is 0 Å². The second kappa shape index (κ2) is 3.98. The molecule has 0 aliphatic carbocycles. The number of anilines is 1. The lowest BCUT2D eigenvalue weighted by molar-refractivity contribution is 0.187. The molecule has 2 aliphatic rings. The van der Waals surface area contributed by atoms with Crippen molar-refractivity contribution >= 4 is 11.9 Å². The Balaban J connectivity index is 1.73. The summed E-state index contributed by atoms with van der Waals surface area (Å²) in [4.78, 5) is 4.18. The van der Waals surface area contributed by atoms with Crippen LogP contribution in [0.15, 0.2) is 41.3 Å². The monoisotopic (exact) mass is 216 g/mol. The molecule has 4 heteroatoms. The fraction of sp³-hybridized carbons (Fsp3) is 0.250. The minimum Gasteiger partial charge on any atom is -0.475 e. The summed E-state index contributed by atoms with van der Waals surface area (Å²) in [5.74, 6) is 0.664. The number of nitrogens with one attached hydrogen (secondary N) is 1. The van der Waals surface area contributed by atoms with Crippen LogP contribution in [-0.4, -0.2) is 25.5 Å². The quantitative estimate of drug-likeness (QED) is 0.783. The molecule has 82 valence electrons. The molecule has 1 saturated heterocycles. The van der Waals surface area contributed by atoms with E-state index in [4.69, 9.17) is 9.47 Å². The van der Waals surface area contributed by atoms with E-state index in [1.807, 2.05) is 30.5 Å². The predicted molar refractivity (Wildman–Crippen MR) is 61.4 cm³/mol. The summed E-state index contributed by atoms with van der Waals surface area (Å²) in [6.07, 6.45) is 3.75. The van der Waals surface area contributed by atoms with Crippen LogP contribution in [0.5, 0.6) is 0 Å². The Morgan fingerprint density at radius 3 is 3.19 bits per heavy atom. The third-order valence-electron chi connectivity index (χ3n) is 2.45. The van der Waals surface area contributed by atoms with E-state index in [1.54, 1.807) is 6.20 Å². The number of rotatable bonds is 3. The van der Waals surface area contributed by atoms with Crippen molar-refractivity contribution in [2.24, 2.45) is 4.99 Å². The molecular formula is C12H12N2O2. The molecule has 0 amide bonds. The number of para-hydroxylation sites is 1. The molecule has 0 bridgehead atoms. The molecular weight excluding hydrogens is 204 g/mol. The molecule has 2 heterocycles. The SMILES string of the molecule is C1=NC=C(OCC2CO2)Nc2ccccc21. The van der Waals surface area contributed by atoms with Crippen molar-refractivity contribution in [1.82, 2.24) is 0 Å². The summed E-state index contributed by atoms with van der Waals surface area (Å²) in [6, 6.07) is 7.97. The van der Waals surface area contributed by atoms with Crippen LogP contribution in [0, 0.1) is 0 Å². The number of fused-ring (bicyclic) bond motifs is 1. The molecule has 16 heavy (non-hydrogen) atoms. The molecule has 1 N–H and O–H groups in total. The minimum atomic E-state index is 0.255. The molecule has 1 aromatic rings. The van der Waals surface area contributed by atoms with Gasteiger partial charge in [0, 0.05) is 17.5 Å². The Labute approximate surface area is 93.6 Å². The molecule has 4 nitrogen and oxygen atoms in total. The van der Waals surface area contributed by atoms with Gasteiger partial charge in [-0.25, -0.2) is 0 Å². The Morgan fingerprint density at radius 1 is 1.44 bits per heavy atom. The molecule has 1 aromatic carbocycles. The highest BCUT2D eigenvalue weighted by Gasteiger charge is 2.23. The van der Waals surface area contributed by atoms with E-state index < -0.39 is 0 Å². The lowest BCUT2D eigenvalue weighted by Crippen LogP contribution is -2.08. The number of nitrogens with zero attached hydrogens (tertiary/aromatic N) is 1. The standard InChI is InChI=1S/C12H12N2O2/c1-2-4-11-9(3-1)5-13-6-12(14-11)16-8-10-7-15-10/h1-6,10,14H,7-8H2. The largest absolute Gasteiger partial charge is 0.475 e. The Hall–Kier alpha value is -1.81. The zero-order valence-electron chi connectivity index (χ0n) is 8.72. The van der Waals surface area contributed by atoms with E-state index in [0.29, 0.717) is 12.5 Å². The topological polar surface area (TPSA) is 46.1 Å². The zero-order valence-corrected chi connectivity index (χ0v) is 8.72. The fourth-order valence-corrected chi connectivity index (χ4v) is 1.49. The van der Waals surface area contributed by atoms with E-state index in [-0.39, 0.29) is 6.10 Å². The second-order valence-corrected chi connectivity index (χ2v) is 3.75. The van der Waals surface area contributed by atoms with Crippen molar-refractivity contribution in [1.29, 1.82) is 0 Å². The highest BCUT2D eigenvalue weighted by molar-refractivity contribution is 5.89. The third-order valence-corrected chi connectivity index (χ3v) is 2.45. The first-order valence-electron chi connectivity index (χ1n) is 5.25. The molecule has 0 aromatic heterocycles. The van der Waals surface area contributed by atoms with Gasteiger partial charge < -0.3 is 14.8 Å². The number of hydrogen-bond donors (Lipinski definition) is 1. The van der Waals surface area contributed by atoms with Crippen molar-refractivity contribution in [3.63, 3.8) is 0 Å². The smallest absolute Gasteiger partial charge is 0.210 e. The highest BCUT2D eigenvalue weighted by Crippen LogP contribution is 2.19. The Kier molecular flexibility index (Phi) is 2.34. The summed E-state index contributed by atoms with van der Waals surface area (Å²) >= 11 is 0. The average molecular weight is 216 g/mol. The highest BCUT2D eigenvalue weighted by atomic mass is 16.6. The average Bonchev–Trinajstić information content (AvgIpc) is 3.13. The first-order valence-corrected chi connectivity index (χ1v) is 5.25. The van der Waals surface area contributed by atoms with Gasteiger partial charge in [0.15, 0.2) is 0 Å². The molecule has 1 fully saturated rings. The van der Waals surface area contributed by atoms with Crippen molar-refractivity contribution in [3.05, 3.63) is 41.9 Å². The van der Waals surface area contributed by atoms with E-state index in [0.717, 1.165) is 17.9 Å². The Morgan fingerprint density at radius 2 is 2.31 bits per heavy atom. The maximum absolute atomic E-state index is 5.55. The van der Waals surface area contributed by atoms with Crippen LogP contribution in [0.25, 0.3) is 0 Å². The van der Waals surface area contributed by atoms with Crippen molar-refractivity contribution in [2.45, 2.75) is 6.10 Å². The van der Waals surface area contributed by atoms with Crippen LogP contribution >= 0.6 is 0 Å². The molecule has 0 spiro atoms. The second-order valence-electron chi connectivity index (χ2n) is 3.75. The van der Waals surface area contributed by atoms with Gasteiger partial charge in [-0.15, -0.1) is 0 Å². The first-order chi connectivity index (χ1) is 7.92. The number of ether oxygens (including phenoxy) is 2. The van der Waals surface area contributed by atoms with Crippen molar-refractivity contribution in [3.8, 4) is 0 Å². The Bertz CT molecular complexity index is 450. The zero-order chi connectivity index (χ0) is 10.8. The van der Waals surface area contributed by atoms with Crippen molar-refractivity contribution < 1.29 is 9.47 Å². The minimum absolute atomic E-state index is 0.255. The van der Waals surface area contributed by atoms with Crippen molar-refractivity contribution in [2.75, 3.05) is 18.5 Å². The van der Waals surface area contributed by atoms with Crippen LogP contribution in [0.1, 0.15) is 5.56 Å². The maximum atomic E-state index is 5.55. The normalized spacial score (nSPS) is 21.5. The van der Waals surface area contributed by atoms with E-state index in [2.05, 4.69) is 10.3 Å². The van der Waals surface area contributed by atoms with Crippen LogP contribution in [0.2, 0.25) is 0 Å². The number of benzene rings is 1. The maximum Gasteiger partial charge on any atom is 0.210 e. The summed E-state index contributed by atoms with van der Waals surface area (Å²) in [5, 5.41) is 3.20. The molecule has 0 radical (unpaired) electrons. The van der Waals surface area contributed by atoms with Gasteiger partial charge in [0.2, 0.25) is 5.88 Å². The number of aliphatic imine (C=N–C) groups is 1. The first kappa shape index (κ1) is 9.42. The lowest BCUT2D eigenvalue weighted by atomic mass is 10.2. The van der Waals surface area contributed by atoms with Gasteiger partial charge in [0.05, 0.1) is 12.8 Å². The predicted octanol–water partition coefficient (Wildman–Crippen LogP) is 1.75. The van der Waals surface area contributed by atoms with E-state index in [1.165, 1.54) is 0 Å². The fourth-order valence-electron chi connectivity index (χ4n) is 1.49. The van der Waals surface area contributed by atoms with Gasteiger partial charge in [0.25, 0.3) is 0 Å². The molecule has 1 unspecified atom stereocenters. The summed E-state index contributed by atoms with van der Waals surface area (Å²) < 4.78 is 10.6. The summed E-state index contributed by atoms with van der Waals surface area (Å²) in [5.41, 5.74) is 2.06. The van der Waals surface area contributed by atoms with Gasteiger partial charge in [-0.1, -0.05) is 18.2 Å². The lowest BCUT2D eigenvalue weighted by Gasteiger charge is -2.11. The van der Waals surface area contributed by atoms with E-state index in [9.17, 15) is 0 Å². The van der Waals surface area contributed by atoms with Crippen LogP contribution in [-0.2, 0) is 9.47 Å².